The number of likely N-dealkylation sites (tertiary alicyclic amines) is 1. The summed E-state index contributed by atoms with van der Waals surface area (Å²) in [5.74, 6) is -1.01. The minimum atomic E-state index is -1.01. The molecule has 246 valence electrons. The first-order chi connectivity index (χ1) is 21.6. The van der Waals surface area contributed by atoms with Gasteiger partial charge < -0.3 is 19.4 Å². The largest absolute Gasteiger partial charge is 0.462 e. The zero-order valence-electron chi connectivity index (χ0n) is 27.9. The number of nitrogens with zero attached hydrogens (tertiary/aromatic N) is 6. The monoisotopic (exact) mass is 640 g/mol. The van der Waals surface area contributed by atoms with Gasteiger partial charge in [-0.25, -0.2) is 4.39 Å². The Bertz CT molecular complexity index is 1350. The number of hydrogen-bond donors (Lipinski definition) is 0. The standard InChI is InChI=1S/C33H44ClFN6O2.C2H6/c1-6-10-27-29(33(3,4)16-14-24-11-7-8-13-28(24)34)37-32(43-22-26-12-9-18-39(26)5)38-30(27)40-19-20-41(31(42)23(2)35)25(21-40)15-17-36;1-2/h7-8,11,13,25-26H,2,6,9-10,12,14-16,18-22H2,1,3-5H3;1-2H3. The molecule has 8 nitrogen and oxygen atoms in total. The fraction of sp³-hybridized carbons (Fsp3) is 0.600. The first kappa shape index (κ1) is 36.3. The molecule has 0 N–H and O–H groups in total. The van der Waals surface area contributed by atoms with Crippen molar-refractivity contribution in [3.63, 3.8) is 0 Å². The molecule has 2 fully saturated rings. The van der Waals surface area contributed by atoms with Crippen LogP contribution < -0.4 is 9.64 Å². The van der Waals surface area contributed by atoms with Crippen LogP contribution in [0.25, 0.3) is 0 Å². The highest BCUT2D eigenvalue weighted by molar-refractivity contribution is 6.31. The van der Waals surface area contributed by atoms with E-state index in [2.05, 4.69) is 56.3 Å². The van der Waals surface area contributed by atoms with Gasteiger partial charge in [-0.1, -0.05) is 77.4 Å². The lowest BCUT2D eigenvalue weighted by Crippen LogP contribution is -2.55. The highest BCUT2D eigenvalue weighted by Gasteiger charge is 2.36. The fourth-order valence-electron chi connectivity index (χ4n) is 6.20. The van der Waals surface area contributed by atoms with Crippen molar-refractivity contribution in [1.29, 1.82) is 5.26 Å². The van der Waals surface area contributed by atoms with E-state index < -0.39 is 17.8 Å². The highest BCUT2D eigenvalue weighted by atomic mass is 35.5. The molecular weight excluding hydrogens is 591 g/mol. The number of ether oxygens (including phenoxy) is 1. The van der Waals surface area contributed by atoms with E-state index in [0.717, 1.165) is 72.7 Å². The molecule has 0 saturated carbocycles. The van der Waals surface area contributed by atoms with Crippen molar-refractivity contribution in [2.24, 2.45) is 0 Å². The van der Waals surface area contributed by atoms with Gasteiger partial charge in [0.1, 0.15) is 12.4 Å². The molecule has 45 heavy (non-hydrogen) atoms. The average Bonchev–Trinajstić information content (AvgIpc) is 3.45. The Balaban J connectivity index is 0.00000271. The second-order valence-corrected chi connectivity index (χ2v) is 12.7. The number of carbonyl (C=O) groups is 1. The van der Waals surface area contributed by atoms with Crippen molar-refractivity contribution < 1.29 is 13.9 Å². The molecule has 2 atom stereocenters. The number of rotatable bonds is 12. The van der Waals surface area contributed by atoms with Crippen LogP contribution in [0.5, 0.6) is 6.01 Å². The molecule has 1 aromatic carbocycles. The molecule has 2 saturated heterocycles. The van der Waals surface area contributed by atoms with Gasteiger partial charge in [-0.3, -0.25) is 4.79 Å². The summed E-state index contributed by atoms with van der Waals surface area (Å²) in [4.78, 5) is 28.4. The second kappa shape index (κ2) is 16.9. The molecule has 2 aromatic rings. The third-order valence-electron chi connectivity index (χ3n) is 8.76. The molecular formula is C35H50ClFN6O2. The molecule has 2 unspecified atom stereocenters. The number of hydrogen-bond acceptors (Lipinski definition) is 7. The van der Waals surface area contributed by atoms with Crippen LogP contribution in [0.1, 0.15) is 83.5 Å². The maximum atomic E-state index is 13.8. The molecule has 2 aliphatic heterocycles. The summed E-state index contributed by atoms with van der Waals surface area (Å²) in [5.41, 5.74) is 2.74. The number of amides is 1. The fourth-order valence-corrected chi connectivity index (χ4v) is 6.43. The minimum Gasteiger partial charge on any atom is -0.462 e. The topological polar surface area (TPSA) is 85.6 Å². The van der Waals surface area contributed by atoms with Crippen LogP contribution in [0.4, 0.5) is 10.2 Å². The molecule has 0 aliphatic carbocycles. The molecule has 3 heterocycles. The van der Waals surface area contributed by atoms with Crippen molar-refractivity contribution in [2.75, 3.05) is 44.7 Å². The molecule has 1 aromatic heterocycles. The van der Waals surface area contributed by atoms with Gasteiger partial charge in [0.2, 0.25) is 0 Å². The number of anilines is 1. The van der Waals surface area contributed by atoms with Crippen LogP contribution in [-0.2, 0) is 23.1 Å². The van der Waals surface area contributed by atoms with Crippen LogP contribution in [0.3, 0.4) is 0 Å². The van der Waals surface area contributed by atoms with Gasteiger partial charge >= 0.3 is 6.01 Å². The van der Waals surface area contributed by atoms with E-state index in [-0.39, 0.29) is 18.4 Å². The van der Waals surface area contributed by atoms with Gasteiger partial charge in [0.05, 0.1) is 24.2 Å². The lowest BCUT2D eigenvalue weighted by atomic mass is 9.80. The third-order valence-corrected chi connectivity index (χ3v) is 9.13. The summed E-state index contributed by atoms with van der Waals surface area (Å²) >= 11 is 6.50. The molecule has 4 rings (SSSR count). The number of benzene rings is 1. The van der Waals surface area contributed by atoms with E-state index in [1.54, 1.807) is 0 Å². The van der Waals surface area contributed by atoms with E-state index >= 15 is 0 Å². The number of carbonyl (C=O) groups excluding carboxylic acids is 1. The molecule has 1 amide bonds. The summed E-state index contributed by atoms with van der Waals surface area (Å²) in [6.45, 7) is 16.3. The van der Waals surface area contributed by atoms with E-state index in [0.29, 0.717) is 31.7 Å². The van der Waals surface area contributed by atoms with E-state index in [9.17, 15) is 14.4 Å². The molecule has 0 spiro atoms. The number of nitriles is 1. The van der Waals surface area contributed by atoms with Crippen LogP contribution in [0.15, 0.2) is 36.7 Å². The van der Waals surface area contributed by atoms with Gasteiger partial charge in [0, 0.05) is 41.7 Å². The van der Waals surface area contributed by atoms with Gasteiger partial charge in [-0.2, -0.15) is 15.2 Å². The zero-order valence-corrected chi connectivity index (χ0v) is 28.7. The molecule has 0 radical (unpaired) electrons. The summed E-state index contributed by atoms with van der Waals surface area (Å²) in [5, 5.41) is 10.3. The van der Waals surface area contributed by atoms with E-state index in [1.165, 1.54) is 4.90 Å². The maximum absolute atomic E-state index is 13.8. The first-order valence-electron chi connectivity index (χ1n) is 16.3. The van der Waals surface area contributed by atoms with Crippen molar-refractivity contribution in [2.45, 2.75) is 97.1 Å². The quantitative estimate of drug-likeness (QED) is 0.233. The lowest BCUT2D eigenvalue weighted by Gasteiger charge is -2.42. The average molecular weight is 641 g/mol. The lowest BCUT2D eigenvalue weighted by molar-refractivity contribution is -0.131. The highest BCUT2D eigenvalue weighted by Crippen LogP contribution is 2.37. The number of likely N-dealkylation sites (N-methyl/N-ethyl adjacent to an activating group) is 1. The van der Waals surface area contributed by atoms with Gasteiger partial charge in [-0.15, -0.1) is 0 Å². The molecule has 2 aliphatic rings. The Morgan fingerprint density at radius 1 is 1.18 bits per heavy atom. The molecule has 0 bridgehead atoms. The van der Waals surface area contributed by atoms with E-state index in [1.807, 2.05) is 32.0 Å². The predicted octanol–water partition coefficient (Wildman–Crippen LogP) is 6.91. The SMILES string of the molecule is C=C(F)C(=O)N1CCN(c2nc(OCC3CCCN3C)nc(C(C)(C)CCc3ccccc3Cl)c2CCC)CC1CC#N.CC. The summed E-state index contributed by atoms with van der Waals surface area (Å²) in [7, 11) is 2.11. The Kier molecular flexibility index (Phi) is 13.6. The van der Waals surface area contributed by atoms with Crippen molar-refractivity contribution in [1.82, 2.24) is 19.8 Å². The van der Waals surface area contributed by atoms with E-state index in [4.69, 9.17) is 26.3 Å². The van der Waals surface area contributed by atoms with Crippen LogP contribution in [0, 0.1) is 11.3 Å². The Labute approximate surface area is 274 Å². The van der Waals surface area contributed by atoms with Crippen molar-refractivity contribution in [3.05, 3.63) is 58.5 Å². The van der Waals surface area contributed by atoms with Crippen molar-refractivity contribution >= 4 is 23.3 Å². The summed E-state index contributed by atoms with van der Waals surface area (Å²) in [6, 6.07) is 10.2. The second-order valence-electron chi connectivity index (χ2n) is 12.3. The predicted molar refractivity (Wildman–Crippen MR) is 180 cm³/mol. The van der Waals surface area contributed by atoms with Crippen LogP contribution in [-0.4, -0.2) is 77.6 Å². The van der Waals surface area contributed by atoms with Crippen molar-refractivity contribution in [3.8, 4) is 12.1 Å². The van der Waals surface area contributed by atoms with Gasteiger partial charge in [0.25, 0.3) is 5.91 Å². The zero-order chi connectivity index (χ0) is 33.1. The molecule has 10 heteroatoms. The third kappa shape index (κ3) is 9.17. The Morgan fingerprint density at radius 2 is 1.91 bits per heavy atom. The van der Waals surface area contributed by atoms with Gasteiger partial charge in [0.15, 0.2) is 5.83 Å². The normalized spacial score (nSPS) is 18.6. The number of halogens is 2. The number of piperazine rings is 1. The number of aryl methyl sites for hydroxylation is 1. The maximum Gasteiger partial charge on any atom is 0.318 e. The minimum absolute atomic E-state index is 0.0806. The van der Waals surface area contributed by atoms with Crippen LogP contribution in [0.2, 0.25) is 5.02 Å². The number of aromatic nitrogens is 2. The summed E-state index contributed by atoms with van der Waals surface area (Å²) < 4.78 is 20.2. The van der Waals surface area contributed by atoms with Gasteiger partial charge in [-0.05, 0) is 57.3 Å². The van der Waals surface area contributed by atoms with Crippen LogP contribution >= 0.6 is 11.6 Å². The smallest absolute Gasteiger partial charge is 0.318 e. The Morgan fingerprint density at radius 3 is 2.53 bits per heavy atom. The summed E-state index contributed by atoms with van der Waals surface area (Å²) in [6.07, 6.45) is 5.54. The Hall–Kier alpha value is -3.22. The first-order valence-corrected chi connectivity index (χ1v) is 16.7.